The Bertz CT molecular complexity index is 339. The van der Waals surface area contributed by atoms with E-state index in [1.807, 2.05) is 13.8 Å². The van der Waals surface area contributed by atoms with E-state index in [9.17, 15) is 9.59 Å². The van der Waals surface area contributed by atoms with E-state index >= 15 is 0 Å². The molecule has 1 rings (SSSR count). The van der Waals surface area contributed by atoms with Crippen molar-refractivity contribution in [1.29, 1.82) is 0 Å². The first kappa shape index (κ1) is 17.8. The average molecular weight is 299 g/mol. The summed E-state index contributed by atoms with van der Waals surface area (Å²) < 4.78 is 0. The lowest BCUT2D eigenvalue weighted by Crippen LogP contribution is -2.45. The van der Waals surface area contributed by atoms with Gasteiger partial charge in [0.1, 0.15) is 6.54 Å². The van der Waals surface area contributed by atoms with Crippen LogP contribution in [0.1, 0.15) is 33.1 Å². The summed E-state index contributed by atoms with van der Waals surface area (Å²) in [5.74, 6) is -0.0513. The predicted molar refractivity (Wildman–Crippen MR) is 82.3 cm³/mol. The molecule has 21 heavy (non-hydrogen) atoms. The lowest BCUT2D eigenvalue weighted by atomic mass is 9.94. The number of carboxylic acid groups (broad SMARTS) is 1. The Morgan fingerprint density at radius 1 is 1.33 bits per heavy atom. The molecule has 6 nitrogen and oxygen atoms in total. The number of carbonyl (C=O) groups is 2. The molecule has 0 radical (unpaired) electrons. The van der Waals surface area contributed by atoms with Gasteiger partial charge < -0.3 is 20.2 Å². The van der Waals surface area contributed by atoms with E-state index in [0.29, 0.717) is 19.0 Å². The van der Waals surface area contributed by atoms with Crippen molar-refractivity contribution in [2.24, 2.45) is 11.8 Å². The Morgan fingerprint density at radius 2 is 1.95 bits per heavy atom. The number of nitrogens with one attached hydrogen (secondary N) is 1. The summed E-state index contributed by atoms with van der Waals surface area (Å²) in [6.07, 6.45) is 3.33. The van der Waals surface area contributed by atoms with Crippen LogP contribution >= 0.6 is 0 Å². The standard InChI is InChI=1S/C15H29N3O3/c1-12(2)10-18(11-14(19)20)15(21)16-7-4-13-5-8-17(3)9-6-13/h12-13H,4-11H2,1-3H3,(H,16,21)(H,19,20). The van der Waals surface area contributed by atoms with Crippen molar-refractivity contribution in [1.82, 2.24) is 15.1 Å². The van der Waals surface area contributed by atoms with Crippen molar-refractivity contribution in [3.05, 3.63) is 0 Å². The Kier molecular flexibility index (Phi) is 7.50. The molecule has 122 valence electrons. The normalized spacial score (nSPS) is 17.0. The predicted octanol–water partition coefficient (Wildman–Crippen LogP) is 1.47. The van der Waals surface area contributed by atoms with Gasteiger partial charge >= 0.3 is 12.0 Å². The first-order valence-corrected chi connectivity index (χ1v) is 7.81. The Balaban J connectivity index is 2.30. The fourth-order valence-electron chi connectivity index (χ4n) is 2.67. The molecule has 0 saturated carbocycles. The van der Waals surface area contributed by atoms with Crippen LogP contribution in [-0.4, -0.2) is 66.7 Å². The number of rotatable bonds is 7. The third kappa shape index (κ3) is 7.32. The molecule has 1 heterocycles. The maximum absolute atomic E-state index is 12.1. The number of amides is 2. The third-order valence-electron chi connectivity index (χ3n) is 3.87. The SMILES string of the molecule is CC(C)CN(CC(=O)O)C(=O)NCCC1CCN(C)CC1. The second kappa shape index (κ2) is 8.87. The highest BCUT2D eigenvalue weighted by Gasteiger charge is 2.19. The molecule has 1 fully saturated rings. The average Bonchev–Trinajstić information content (AvgIpc) is 2.39. The molecule has 1 aliphatic rings. The third-order valence-corrected chi connectivity index (χ3v) is 3.87. The summed E-state index contributed by atoms with van der Waals surface area (Å²) in [6.45, 7) is 7.04. The van der Waals surface area contributed by atoms with Crippen LogP contribution in [-0.2, 0) is 4.79 Å². The lowest BCUT2D eigenvalue weighted by Gasteiger charge is -2.29. The topological polar surface area (TPSA) is 72.9 Å². The van der Waals surface area contributed by atoms with Gasteiger partial charge in [0.2, 0.25) is 0 Å². The highest BCUT2D eigenvalue weighted by molar-refractivity contribution is 5.80. The van der Waals surface area contributed by atoms with Crippen molar-refractivity contribution in [2.75, 3.05) is 39.8 Å². The van der Waals surface area contributed by atoms with Crippen molar-refractivity contribution in [2.45, 2.75) is 33.1 Å². The molecular formula is C15H29N3O3. The summed E-state index contributed by atoms with van der Waals surface area (Å²) in [6, 6.07) is -0.265. The van der Waals surface area contributed by atoms with Gasteiger partial charge in [-0.1, -0.05) is 13.8 Å². The molecule has 0 spiro atoms. The van der Waals surface area contributed by atoms with Gasteiger partial charge in [0, 0.05) is 13.1 Å². The van der Waals surface area contributed by atoms with Crippen LogP contribution in [0.15, 0.2) is 0 Å². The maximum atomic E-state index is 12.1. The molecule has 0 bridgehead atoms. The van der Waals surface area contributed by atoms with Gasteiger partial charge in [0.25, 0.3) is 0 Å². The van der Waals surface area contributed by atoms with E-state index in [2.05, 4.69) is 17.3 Å². The van der Waals surface area contributed by atoms with Crippen LogP contribution in [0.2, 0.25) is 0 Å². The van der Waals surface area contributed by atoms with Crippen LogP contribution in [0.4, 0.5) is 4.79 Å². The molecular weight excluding hydrogens is 270 g/mol. The Labute approximate surface area is 127 Å². The molecule has 6 heteroatoms. The number of likely N-dealkylation sites (tertiary alicyclic amines) is 1. The highest BCUT2D eigenvalue weighted by Crippen LogP contribution is 2.18. The maximum Gasteiger partial charge on any atom is 0.323 e. The monoisotopic (exact) mass is 299 g/mol. The van der Waals surface area contributed by atoms with Crippen LogP contribution in [0.3, 0.4) is 0 Å². The fraction of sp³-hybridized carbons (Fsp3) is 0.867. The molecule has 1 aliphatic heterocycles. The van der Waals surface area contributed by atoms with E-state index in [1.54, 1.807) is 0 Å². The lowest BCUT2D eigenvalue weighted by molar-refractivity contribution is -0.137. The van der Waals surface area contributed by atoms with Gasteiger partial charge in [-0.3, -0.25) is 4.79 Å². The number of hydrogen-bond acceptors (Lipinski definition) is 3. The molecule has 0 aromatic carbocycles. The van der Waals surface area contributed by atoms with Gasteiger partial charge in [-0.15, -0.1) is 0 Å². The zero-order chi connectivity index (χ0) is 15.8. The number of urea groups is 1. The number of hydrogen-bond donors (Lipinski definition) is 2. The summed E-state index contributed by atoms with van der Waals surface area (Å²) in [5.41, 5.74) is 0. The zero-order valence-electron chi connectivity index (χ0n) is 13.5. The van der Waals surface area contributed by atoms with Crippen molar-refractivity contribution < 1.29 is 14.7 Å². The largest absolute Gasteiger partial charge is 0.480 e. The van der Waals surface area contributed by atoms with Crippen molar-refractivity contribution in [3.8, 4) is 0 Å². The molecule has 0 aromatic rings. The van der Waals surface area contributed by atoms with E-state index in [1.165, 1.54) is 17.7 Å². The molecule has 0 aliphatic carbocycles. The van der Waals surface area contributed by atoms with Gasteiger partial charge in [-0.05, 0) is 51.2 Å². The second-order valence-corrected chi connectivity index (χ2v) is 6.44. The smallest absolute Gasteiger partial charge is 0.323 e. The van der Waals surface area contributed by atoms with E-state index in [4.69, 9.17) is 5.11 Å². The van der Waals surface area contributed by atoms with Gasteiger partial charge in [-0.2, -0.15) is 0 Å². The van der Waals surface area contributed by atoms with Gasteiger partial charge in [0.15, 0.2) is 0 Å². The van der Waals surface area contributed by atoms with Crippen LogP contribution in [0.5, 0.6) is 0 Å². The molecule has 0 atom stereocenters. The zero-order valence-corrected chi connectivity index (χ0v) is 13.5. The minimum atomic E-state index is -0.971. The second-order valence-electron chi connectivity index (χ2n) is 6.44. The molecule has 0 aromatic heterocycles. The molecule has 0 unspecified atom stereocenters. The first-order valence-electron chi connectivity index (χ1n) is 7.81. The highest BCUT2D eigenvalue weighted by atomic mass is 16.4. The summed E-state index contributed by atoms with van der Waals surface area (Å²) in [7, 11) is 2.13. The number of aliphatic carboxylic acids is 1. The number of piperidine rings is 1. The van der Waals surface area contributed by atoms with E-state index < -0.39 is 5.97 Å². The summed E-state index contributed by atoms with van der Waals surface area (Å²) in [4.78, 5) is 26.6. The minimum absolute atomic E-state index is 0.238. The van der Waals surface area contributed by atoms with Crippen molar-refractivity contribution in [3.63, 3.8) is 0 Å². The minimum Gasteiger partial charge on any atom is -0.480 e. The molecule has 2 amide bonds. The van der Waals surface area contributed by atoms with Crippen LogP contribution in [0.25, 0.3) is 0 Å². The van der Waals surface area contributed by atoms with Gasteiger partial charge in [-0.25, -0.2) is 4.79 Å². The molecule has 1 saturated heterocycles. The number of carbonyl (C=O) groups excluding carboxylic acids is 1. The number of carboxylic acids is 1. The fourth-order valence-corrected chi connectivity index (χ4v) is 2.67. The van der Waals surface area contributed by atoms with E-state index in [-0.39, 0.29) is 18.5 Å². The quantitative estimate of drug-likeness (QED) is 0.746. The Morgan fingerprint density at radius 3 is 2.48 bits per heavy atom. The Hall–Kier alpha value is -1.30. The molecule has 2 N–H and O–H groups in total. The first-order chi connectivity index (χ1) is 9.88. The summed E-state index contributed by atoms with van der Waals surface area (Å²) in [5, 5.41) is 11.7. The van der Waals surface area contributed by atoms with E-state index in [0.717, 1.165) is 19.5 Å². The van der Waals surface area contributed by atoms with Crippen molar-refractivity contribution >= 4 is 12.0 Å². The van der Waals surface area contributed by atoms with Crippen LogP contribution < -0.4 is 5.32 Å². The number of nitrogens with zero attached hydrogens (tertiary/aromatic N) is 2. The van der Waals surface area contributed by atoms with Gasteiger partial charge in [0.05, 0.1) is 0 Å². The summed E-state index contributed by atoms with van der Waals surface area (Å²) >= 11 is 0. The van der Waals surface area contributed by atoms with Crippen LogP contribution in [0, 0.1) is 11.8 Å².